The van der Waals surface area contributed by atoms with E-state index in [4.69, 9.17) is 0 Å². The van der Waals surface area contributed by atoms with E-state index in [-0.39, 0.29) is 0 Å². The fourth-order valence-electron chi connectivity index (χ4n) is 0.748. The van der Waals surface area contributed by atoms with Crippen LogP contribution in [-0.4, -0.2) is 5.75 Å². The van der Waals surface area contributed by atoms with Crippen LogP contribution in [0, 0.1) is 3.57 Å². The summed E-state index contributed by atoms with van der Waals surface area (Å²) in [5.41, 5.74) is 0. The molecule has 60 valence electrons. The van der Waals surface area contributed by atoms with Crippen LogP contribution in [0.1, 0.15) is 6.92 Å². The van der Waals surface area contributed by atoms with E-state index in [0.717, 1.165) is 10.2 Å². The van der Waals surface area contributed by atoms with Crippen molar-refractivity contribution in [2.75, 3.05) is 5.75 Å². The van der Waals surface area contributed by atoms with Crippen molar-refractivity contribution >= 4 is 50.3 Å². The first-order valence-electron chi connectivity index (χ1n) is 3.32. The Hall–Kier alpha value is 0.780. The molecule has 0 amide bonds. The third-order valence-corrected chi connectivity index (χ3v) is 3.90. The Bertz CT molecular complexity index is 250. The number of benzene rings is 1. The summed E-state index contributed by atoms with van der Waals surface area (Å²) in [6.07, 6.45) is 0. The molecule has 11 heavy (non-hydrogen) atoms. The normalized spacial score (nSPS) is 10.1. The first kappa shape index (κ1) is 9.86. The van der Waals surface area contributed by atoms with Crippen LogP contribution in [-0.2, 0) is 0 Å². The summed E-state index contributed by atoms with van der Waals surface area (Å²) in [5.74, 6) is 1.14. The Balaban J connectivity index is 2.90. The van der Waals surface area contributed by atoms with Crippen LogP contribution in [0.15, 0.2) is 27.6 Å². The monoisotopic (exact) mass is 342 g/mol. The highest BCUT2D eigenvalue weighted by Crippen LogP contribution is 2.26. The molecule has 0 heterocycles. The van der Waals surface area contributed by atoms with E-state index >= 15 is 0 Å². The average Bonchev–Trinajstić information content (AvgIpc) is 1.95. The molecule has 0 atom stereocenters. The second-order valence-electron chi connectivity index (χ2n) is 2.01. The molecule has 1 rings (SSSR count). The number of halogens is 2. The summed E-state index contributed by atoms with van der Waals surface area (Å²) >= 11 is 7.67. The first-order chi connectivity index (χ1) is 5.24. The van der Waals surface area contributed by atoms with Crippen LogP contribution in [0.5, 0.6) is 0 Å². The van der Waals surface area contributed by atoms with Crippen molar-refractivity contribution in [3.05, 3.63) is 26.2 Å². The zero-order chi connectivity index (χ0) is 8.27. The van der Waals surface area contributed by atoms with Gasteiger partial charge in [-0.3, -0.25) is 0 Å². The van der Waals surface area contributed by atoms with E-state index in [2.05, 4.69) is 63.6 Å². The highest BCUT2D eigenvalue weighted by atomic mass is 127. The van der Waals surface area contributed by atoms with Crippen LogP contribution in [0.3, 0.4) is 0 Å². The smallest absolute Gasteiger partial charge is 0.0277 e. The summed E-state index contributed by atoms with van der Waals surface area (Å²) in [7, 11) is 0. The van der Waals surface area contributed by atoms with E-state index in [1.165, 1.54) is 8.47 Å². The lowest BCUT2D eigenvalue weighted by molar-refractivity contribution is 1.37. The Labute approximate surface area is 93.4 Å². The van der Waals surface area contributed by atoms with Gasteiger partial charge in [0.05, 0.1) is 0 Å². The lowest BCUT2D eigenvalue weighted by Gasteiger charge is -2.01. The number of hydrogen-bond acceptors (Lipinski definition) is 1. The van der Waals surface area contributed by atoms with Gasteiger partial charge in [0.25, 0.3) is 0 Å². The van der Waals surface area contributed by atoms with Gasteiger partial charge in [0, 0.05) is 12.9 Å². The molecule has 0 aromatic heterocycles. The van der Waals surface area contributed by atoms with Crippen molar-refractivity contribution in [2.45, 2.75) is 11.8 Å². The Morgan fingerprint density at radius 1 is 1.55 bits per heavy atom. The average molecular weight is 343 g/mol. The van der Waals surface area contributed by atoms with Gasteiger partial charge in [-0.25, -0.2) is 0 Å². The van der Waals surface area contributed by atoms with Crippen molar-refractivity contribution in [3.8, 4) is 0 Å². The minimum Gasteiger partial charge on any atom is -0.125 e. The molecule has 0 aliphatic rings. The number of rotatable bonds is 2. The molecule has 0 spiro atoms. The van der Waals surface area contributed by atoms with Crippen molar-refractivity contribution < 1.29 is 0 Å². The Kier molecular flexibility index (Phi) is 4.23. The fourth-order valence-corrected chi connectivity index (χ4v) is 3.19. The minimum absolute atomic E-state index is 1.14. The van der Waals surface area contributed by atoms with E-state index < -0.39 is 0 Å². The fraction of sp³-hybridized carbons (Fsp3) is 0.250. The molecular weight excluding hydrogens is 335 g/mol. The molecule has 0 N–H and O–H groups in total. The molecule has 0 fully saturated rings. The third kappa shape index (κ3) is 2.95. The maximum absolute atomic E-state index is 3.43. The van der Waals surface area contributed by atoms with Gasteiger partial charge in [0.15, 0.2) is 0 Å². The zero-order valence-electron chi connectivity index (χ0n) is 6.10. The largest absolute Gasteiger partial charge is 0.125 e. The predicted molar refractivity (Wildman–Crippen MR) is 63.3 cm³/mol. The summed E-state index contributed by atoms with van der Waals surface area (Å²) in [6, 6.07) is 6.37. The van der Waals surface area contributed by atoms with Gasteiger partial charge < -0.3 is 0 Å². The highest BCUT2D eigenvalue weighted by Gasteiger charge is 1.98. The highest BCUT2D eigenvalue weighted by molar-refractivity contribution is 14.1. The molecule has 0 radical (unpaired) electrons. The maximum atomic E-state index is 3.43. The molecule has 0 aliphatic heterocycles. The molecule has 0 nitrogen and oxygen atoms in total. The summed E-state index contributed by atoms with van der Waals surface area (Å²) in [5, 5.41) is 0. The third-order valence-electron chi connectivity index (χ3n) is 1.19. The standard InChI is InChI=1S/C8H8BrIS/c1-2-11-8-4-3-6(9)5-7(8)10/h3-5H,2H2,1H3. The van der Waals surface area contributed by atoms with Gasteiger partial charge in [-0.15, -0.1) is 11.8 Å². The van der Waals surface area contributed by atoms with E-state index in [1.54, 1.807) is 0 Å². The molecule has 0 aliphatic carbocycles. The molecule has 0 unspecified atom stereocenters. The lowest BCUT2D eigenvalue weighted by atomic mass is 10.4. The van der Waals surface area contributed by atoms with Gasteiger partial charge in [0.1, 0.15) is 0 Å². The van der Waals surface area contributed by atoms with Crippen LogP contribution in [0.25, 0.3) is 0 Å². The van der Waals surface area contributed by atoms with Gasteiger partial charge in [0.2, 0.25) is 0 Å². The van der Waals surface area contributed by atoms with E-state index in [0.29, 0.717) is 0 Å². The molecule has 1 aromatic rings. The second-order valence-corrected chi connectivity index (χ2v) is 5.39. The predicted octanol–water partition coefficient (Wildman–Crippen LogP) is 4.17. The Morgan fingerprint density at radius 3 is 2.82 bits per heavy atom. The topological polar surface area (TPSA) is 0 Å². The summed E-state index contributed by atoms with van der Waals surface area (Å²) < 4.78 is 2.48. The van der Waals surface area contributed by atoms with Crippen molar-refractivity contribution in [1.29, 1.82) is 0 Å². The van der Waals surface area contributed by atoms with Crippen molar-refractivity contribution in [3.63, 3.8) is 0 Å². The molecule has 0 saturated heterocycles. The minimum atomic E-state index is 1.14. The van der Waals surface area contributed by atoms with E-state index in [1.807, 2.05) is 11.8 Å². The second kappa shape index (κ2) is 4.72. The number of hydrogen-bond donors (Lipinski definition) is 0. The van der Waals surface area contributed by atoms with Gasteiger partial charge in [-0.2, -0.15) is 0 Å². The first-order valence-corrected chi connectivity index (χ1v) is 6.17. The van der Waals surface area contributed by atoms with Gasteiger partial charge >= 0.3 is 0 Å². The van der Waals surface area contributed by atoms with Crippen LogP contribution < -0.4 is 0 Å². The summed E-state index contributed by atoms with van der Waals surface area (Å²) in [6.45, 7) is 2.17. The van der Waals surface area contributed by atoms with Crippen LogP contribution in [0.4, 0.5) is 0 Å². The number of thioether (sulfide) groups is 1. The molecular formula is C8H8BrIS. The van der Waals surface area contributed by atoms with Crippen LogP contribution >= 0.6 is 50.3 Å². The molecule has 1 aromatic carbocycles. The van der Waals surface area contributed by atoms with Crippen molar-refractivity contribution in [1.82, 2.24) is 0 Å². The SMILES string of the molecule is CCSc1ccc(Br)cc1I. The Morgan fingerprint density at radius 2 is 2.27 bits per heavy atom. The van der Waals surface area contributed by atoms with Gasteiger partial charge in [-0.1, -0.05) is 22.9 Å². The molecule has 0 saturated carbocycles. The van der Waals surface area contributed by atoms with Gasteiger partial charge in [-0.05, 0) is 46.5 Å². The quantitative estimate of drug-likeness (QED) is 0.574. The van der Waals surface area contributed by atoms with Crippen LogP contribution in [0.2, 0.25) is 0 Å². The summed E-state index contributed by atoms with van der Waals surface area (Å²) in [4.78, 5) is 1.37. The molecule has 0 bridgehead atoms. The van der Waals surface area contributed by atoms with Crippen molar-refractivity contribution in [2.24, 2.45) is 0 Å². The maximum Gasteiger partial charge on any atom is 0.0277 e. The zero-order valence-corrected chi connectivity index (χ0v) is 10.7. The lowest BCUT2D eigenvalue weighted by Crippen LogP contribution is -1.78. The molecule has 3 heteroatoms. The van der Waals surface area contributed by atoms with E-state index in [9.17, 15) is 0 Å².